The fourth-order valence-corrected chi connectivity index (χ4v) is 3.77. The molecule has 3 aromatic carbocycles. The number of nitrogens with zero attached hydrogens (tertiary/aromatic N) is 3. The summed E-state index contributed by atoms with van der Waals surface area (Å²) in [7, 11) is 0. The van der Waals surface area contributed by atoms with Crippen LogP contribution in [-0.4, -0.2) is 29.9 Å². The Morgan fingerprint density at radius 2 is 1.79 bits per heavy atom. The fraction of sp³-hybridized carbons (Fsp3) is 0.0690. The monoisotopic (exact) mass is 505 g/mol. The Morgan fingerprint density at radius 1 is 1.03 bits per heavy atom. The molecule has 0 spiro atoms. The predicted molar refractivity (Wildman–Crippen MR) is 144 cm³/mol. The standard InChI is InChI=1S/C29H23N5O4/c1-2-37-29(36)38-33-18-25-23(9-5-11-26(25)31)27-24(10-6-16-32-27)28(35)34-21-14-12-19(13-15-21)22-8-4-3-7-20(22)17-30/h3-16,18H,2,31H2,1H3,(H,34,35). The van der Waals surface area contributed by atoms with Crippen molar-refractivity contribution in [3.63, 3.8) is 0 Å². The maximum atomic E-state index is 13.3. The summed E-state index contributed by atoms with van der Waals surface area (Å²) in [6.45, 7) is 1.80. The van der Waals surface area contributed by atoms with E-state index >= 15 is 0 Å². The predicted octanol–water partition coefficient (Wildman–Crippen LogP) is 5.63. The van der Waals surface area contributed by atoms with Crippen molar-refractivity contribution in [3.05, 3.63) is 102 Å². The first-order valence-electron chi connectivity index (χ1n) is 11.6. The van der Waals surface area contributed by atoms with Crippen molar-refractivity contribution in [2.75, 3.05) is 17.7 Å². The summed E-state index contributed by atoms with van der Waals surface area (Å²) in [5.41, 5.74) is 10.9. The highest BCUT2D eigenvalue weighted by Crippen LogP contribution is 2.29. The Balaban J connectivity index is 1.60. The van der Waals surface area contributed by atoms with Crippen molar-refractivity contribution in [1.29, 1.82) is 5.26 Å². The van der Waals surface area contributed by atoms with Crippen molar-refractivity contribution in [3.8, 4) is 28.5 Å². The zero-order valence-electron chi connectivity index (χ0n) is 20.4. The van der Waals surface area contributed by atoms with E-state index in [1.54, 1.807) is 61.7 Å². The topological polar surface area (TPSA) is 140 Å². The summed E-state index contributed by atoms with van der Waals surface area (Å²) in [5.74, 6) is -0.383. The minimum atomic E-state index is -0.945. The van der Waals surface area contributed by atoms with Gasteiger partial charge in [-0.05, 0) is 54.4 Å². The molecular formula is C29H23N5O4. The Hall–Kier alpha value is -5.49. The Morgan fingerprint density at radius 3 is 2.55 bits per heavy atom. The van der Waals surface area contributed by atoms with Crippen LogP contribution in [0.2, 0.25) is 0 Å². The van der Waals surface area contributed by atoms with Gasteiger partial charge in [-0.25, -0.2) is 4.79 Å². The molecule has 9 nitrogen and oxygen atoms in total. The molecule has 9 heteroatoms. The first-order valence-corrected chi connectivity index (χ1v) is 11.6. The molecule has 0 aliphatic rings. The lowest BCUT2D eigenvalue weighted by molar-refractivity contribution is 0.0618. The van der Waals surface area contributed by atoms with Gasteiger partial charge in [0.25, 0.3) is 5.91 Å². The number of carbonyl (C=O) groups excluding carboxylic acids is 2. The lowest BCUT2D eigenvalue weighted by Crippen LogP contribution is -2.14. The Bertz CT molecular complexity index is 1540. The van der Waals surface area contributed by atoms with E-state index in [1.807, 2.05) is 30.3 Å². The van der Waals surface area contributed by atoms with E-state index in [9.17, 15) is 14.9 Å². The van der Waals surface area contributed by atoms with E-state index in [4.69, 9.17) is 10.5 Å². The van der Waals surface area contributed by atoms with Crippen molar-refractivity contribution in [2.45, 2.75) is 6.92 Å². The molecule has 0 fully saturated rings. The zero-order chi connectivity index (χ0) is 26.9. The summed E-state index contributed by atoms with van der Waals surface area (Å²) in [5, 5.41) is 15.9. The molecular weight excluding hydrogens is 482 g/mol. The number of carbonyl (C=O) groups is 2. The quantitative estimate of drug-likeness (QED) is 0.109. The van der Waals surface area contributed by atoms with E-state index in [1.165, 1.54) is 6.21 Å². The molecule has 4 aromatic rings. The summed E-state index contributed by atoms with van der Waals surface area (Å²) >= 11 is 0. The number of anilines is 2. The lowest BCUT2D eigenvalue weighted by atomic mass is 9.98. The van der Waals surface area contributed by atoms with Crippen LogP contribution in [0.3, 0.4) is 0 Å². The molecule has 4 rings (SSSR count). The highest BCUT2D eigenvalue weighted by Gasteiger charge is 2.18. The molecule has 0 unspecified atom stereocenters. The van der Waals surface area contributed by atoms with Crippen LogP contribution in [0.25, 0.3) is 22.4 Å². The molecule has 38 heavy (non-hydrogen) atoms. The number of nitrogens with two attached hydrogens (primary N) is 1. The van der Waals surface area contributed by atoms with E-state index in [2.05, 4.69) is 26.4 Å². The molecule has 0 saturated heterocycles. The number of nitriles is 1. The molecule has 3 N–H and O–H groups in total. The largest absolute Gasteiger partial charge is 0.535 e. The Kier molecular flexibility index (Phi) is 8.06. The van der Waals surface area contributed by atoms with Crippen molar-refractivity contribution in [2.24, 2.45) is 5.16 Å². The number of oxime groups is 1. The molecule has 0 bridgehead atoms. The molecule has 188 valence electrons. The van der Waals surface area contributed by atoms with Crippen molar-refractivity contribution < 1.29 is 19.2 Å². The van der Waals surface area contributed by atoms with Crippen LogP contribution in [0.4, 0.5) is 16.2 Å². The number of pyridine rings is 1. The molecule has 0 atom stereocenters. The number of hydrogen-bond donors (Lipinski definition) is 2. The van der Waals surface area contributed by atoms with Gasteiger partial charge in [0.05, 0.1) is 35.7 Å². The van der Waals surface area contributed by atoms with E-state index in [0.29, 0.717) is 39.3 Å². The van der Waals surface area contributed by atoms with E-state index in [0.717, 1.165) is 11.1 Å². The average molecular weight is 506 g/mol. The van der Waals surface area contributed by atoms with Crippen molar-refractivity contribution >= 4 is 29.7 Å². The number of aromatic nitrogens is 1. The van der Waals surface area contributed by atoms with Crippen LogP contribution < -0.4 is 11.1 Å². The average Bonchev–Trinajstić information content (AvgIpc) is 2.94. The molecule has 1 amide bonds. The number of rotatable bonds is 7. The molecule has 0 aliphatic heterocycles. The van der Waals surface area contributed by atoms with E-state index in [-0.39, 0.29) is 12.5 Å². The van der Waals surface area contributed by atoms with Gasteiger partial charge in [0.2, 0.25) is 0 Å². The van der Waals surface area contributed by atoms with Crippen LogP contribution in [0.1, 0.15) is 28.4 Å². The normalized spacial score (nSPS) is 10.5. The second-order valence-corrected chi connectivity index (χ2v) is 7.91. The second kappa shape index (κ2) is 12.0. The summed E-state index contributed by atoms with van der Waals surface area (Å²) in [6.07, 6.45) is 1.89. The maximum Gasteiger partial charge on any atom is 0.535 e. The Labute approximate surface area is 219 Å². The molecule has 0 aliphatic carbocycles. The van der Waals surface area contributed by atoms with E-state index < -0.39 is 6.16 Å². The zero-order valence-corrected chi connectivity index (χ0v) is 20.4. The van der Waals surface area contributed by atoms with Gasteiger partial charge in [-0.1, -0.05) is 47.6 Å². The number of benzene rings is 3. The van der Waals surface area contributed by atoms with Crippen molar-refractivity contribution in [1.82, 2.24) is 4.98 Å². The first-order chi connectivity index (χ1) is 18.5. The van der Waals surface area contributed by atoms with Crippen LogP contribution in [0.15, 0.2) is 90.2 Å². The van der Waals surface area contributed by atoms with Gasteiger partial charge in [0, 0.05) is 28.7 Å². The van der Waals surface area contributed by atoms with Crippen LogP contribution in [0.5, 0.6) is 0 Å². The van der Waals surface area contributed by atoms with Gasteiger partial charge in [-0.2, -0.15) is 5.26 Å². The van der Waals surface area contributed by atoms with Gasteiger partial charge in [0.15, 0.2) is 0 Å². The number of nitrogen functional groups attached to an aromatic ring is 1. The lowest BCUT2D eigenvalue weighted by Gasteiger charge is -2.13. The highest BCUT2D eigenvalue weighted by atomic mass is 16.8. The third-order valence-electron chi connectivity index (χ3n) is 5.52. The summed E-state index contributed by atoms with van der Waals surface area (Å²) in [4.78, 5) is 33.8. The smallest absolute Gasteiger partial charge is 0.433 e. The minimum Gasteiger partial charge on any atom is -0.433 e. The first kappa shape index (κ1) is 25.6. The third-order valence-corrected chi connectivity index (χ3v) is 5.52. The van der Waals surface area contributed by atoms with Gasteiger partial charge < -0.3 is 15.8 Å². The third kappa shape index (κ3) is 5.83. The van der Waals surface area contributed by atoms with Crippen LogP contribution in [-0.2, 0) is 9.57 Å². The second-order valence-electron chi connectivity index (χ2n) is 7.91. The number of nitrogens with one attached hydrogen (secondary N) is 1. The molecule has 1 aromatic heterocycles. The van der Waals surface area contributed by atoms with Crippen LogP contribution in [0, 0.1) is 11.3 Å². The highest BCUT2D eigenvalue weighted by molar-refractivity contribution is 6.09. The van der Waals surface area contributed by atoms with Gasteiger partial charge in [-0.15, -0.1) is 0 Å². The van der Waals surface area contributed by atoms with Gasteiger partial charge >= 0.3 is 6.16 Å². The fourth-order valence-electron chi connectivity index (χ4n) is 3.77. The van der Waals surface area contributed by atoms with Gasteiger partial charge in [0.1, 0.15) is 0 Å². The molecule has 0 radical (unpaired) electrons. The number of ether oxygens (including phenoxy) is 1. The number of hydrogen-bond acceptors (Lipinski definition) is 8. The maximum absolute atomic E-state index is 13.3. The molecule has 1 heterocycles. The summed E-state index contributed by atoms with van der Waals surface area (Å²) < 4.78 is 4.69. The SMILES string of the molecule is CCOC(=O)ON=Cc1c(N)cccc1-c1ncccc1C(=O)Nc1ccc(-c2ccccc2C#N)cc1. The number of amides is 1. The van der Waals surface area contributed by atoms with Crippen LogP contribution >= 0.6 is 0 Å². The van der Waals surface area contributed by atoms with Gasteiger partial charge in [-0.3, -0.25) is 14.6 Å². The molecule has 0 saturated carbocycles. The summed E-state index contributed by atoms with van der Waals surface area (Å²) in [6, 6.07) is 25.1. The minimum absolute atomic E-state index is 0.148.